The largest absolute Gasteiger partial charge is 0.487 e. The van der Waals surface area contributed by atoms with E-state index in [1.54, 1.807) is 20.0 Å². The summed E-state index contributed by atoms with van der Waals surface area (Å²) in [4.78, 5) is 13.9. The quantitative estimate of drug-likeness (QED) is 0.526. The Bertz CT molecular complexity index is 986. The minimum Gasteiger partial charge on any atom is -0.487 e. The summed E-state index contributed by atoms with van der Waals surface area (Å²) < 4.78 is 34.4. The topological polar surface area (TPSA) is 119 Å². The number of amides is 2. The molecule has 1 aliphatic rings. The summed E-state index contributed by atoms with van der Waals surface area (Å²) in [5.74, 6) is 5.29. The molecule has 3 N–H and O–H groups in total. The SMILES string of the molecule is CCCNC(=O)N(C)C[C@@H]1Oc2cc(C#C[C@@H](C)O)ccc2S(=O)(=O)N([C@@H](C)CO)C[C@@H]1C. The van der Waals surface area contributed by atoms with Crippen molar-refractivity contribution in [3.63, 3.8) is 0 Å². The van der Waals surface area contributed by atoms with Gasteiger partial charge in [0.1, 0.15) is 22.9 Å². The van der Waals surface area contributed by atoms with Crippen LogP contribution in [0.4, 0.5) is 4.79 Å². The highest BCUT2D eigenvalue weighted by Crippen LogP contribution is 2.34. The molecule has 1 aromatic carbocycles. The van der Waals surface area contributed by atoms with Crippen molar-refractivity contribution >= 4 is 16.1 Å². The Kier molecular flexibility index (Phi) is 9.55. The highest BCUT2D eigenvalue weighted by molar-refractivity contribution is 7.89. The lowest BCUT2D eigenvalue weighted by Gasteiger charge is -2.37. The fraction of sp³-hybridized carbons (Fsp3) is 0.609. The monoisotopic (exact) mass is 481 g/mol. The number of likely N-dealkylation sites (N-methyl/N-ethyl adjacent to an activating group) is 1. The third kappa shape index (κ3) is 6.84. The Labute approximate surface area is 196 Å². The lowest BCUT2D eigenvalue weighted by molar-refractivity contribution is 0.0812. The van der Waals surface area contributed by atoms with Gasteiger partial charge in [0.2, 0.25) is 10.0 Å². The van der Waals surface area contributed by atoms with Crippen LogP contribution in [0.25, 0.3) is 0 Å². The number of aliphatic hydroxyl groups excluding tert-OH is 2. The zero-order chi connectivity index (χ0) is 24.8. The van der Waals surface area contributed by atoms with Crippen molar-refractivity contribution in [3.05, 3.63) is 23.8 Å². The number of sulfonamides is 1. The molecule has 10 heteroatoms. The van der Waals surface area contributed by atoms with Gasteiger partial charge in [-0.25, -0.2) is 13.2 Å². The summed E-state index contributed by atoms with van der Waals surface area (Å²) in [6.45, 7) is 7.59. The van der Waals surface area contributed by atoms with E-state index in [4.69, 9.17) is 4.74 Å². The van der Waals surface area contributed by atoms with E-state index in [1.165, 1.54) is 28.3 Å². The second kappa shape index (κ2) is 11.7. The second-order valence-corrected chi connectivity index (χ2v) is 10.3. The number of urea groups is 1. The first-order valence-corrected chi connectivity index (χ1v) is 12.6. The van der Waals surface area contributed by atoms with E-state index < -0.39 is 28.3 Å². The average Bonchev–Trinajstić information content (AvgIpc) is 2.77. The molecule has 0 aliphatic carbocycles. The van der Waals surface area contributed by atoms with E-state index in [0.717, 1.165) is 6.42 Å². The Balaban J connectivity index is 2.51. The van der Waals surface area contributed by atoms with Crippen LogP contribution >= 0.6 is 0 Å². The molecule has 0 bridgehead atoms. The number of fused-ring (bicyclic) bond motifs is 1. The number of rotatable bonds is 6. The summed E-state index contributed by atoms with van der Waals surface area (Å²) in [5.41, 5.74) is 0.493. The first-order valence-electron chi connectivity index (χ1n) is 11.1. The summed E-state index contributed by atoms with van der Waals surface area (Å²) in [7, 11) is -2.29. The van der Waals surface area contributed by atoms with Gasteiger partial charge in [-0.15, -0.1) is 0 Å². The van der Waals surface area contributed by atoms with Gasteiger partial charge in [-0.1, -0.05) is 25.7 Å². The Morgan fingerprint density at radius 3 is 2.70 bits per heavy atom. The van der Waals surface area contributed by atoms with Crippen LogP contribution in [0.3, 0.4) is 0 Å². The zero-order valence-corrected chi connectivity index (χ0v) is 20.7. The Morgan fingerprint density at radius 1 is 1.39 bits per heavy atom. The first-order chi connectivity index (χ1) is 15.5. The first kappa shape index (κ1) is 26.9. The van der Waals surface area contributed by atoms with E-state index >= 15 is 0 Å². The predicted molar refractivity (Wildman–Crippen MR) is 125 cm³/mol. The van der Waals surface area contributed by atoms with Crippen molar-refractivity contribution in [1.29, 1.82) is 0 Å². The van der Waals surface area contributed by atoms with Crippen molar-refractivity contribution in [2.24, 2.45) is 5.92 Å². The number of benzene rings is 1. The van der Waals surface area contributed by atoms with E-state index in [2.05, 4.69) is 17.2 Å². The molecule has 0 unspecified atom stereocenters. The molecule has 4 atom stereocenters. The van der Waals surface area contributed by atoms with Crippen molar-refractivity contribution in [2.45, 2.75) is 57.3 Å². The van der Waals surface area contributed by atoms with Crippen molar-refractivity contribution < 1.29 is 28.2 Å². The fourth-order valence-electron chi connectivity index (χ4n) is 3.43. The lowest BCUT2D eigenvalue weighted by atomic mass is 10.0. The number of aliphatic hydroxyl groups is 2. The molecule has 0 saturated carbocycles. The number of hydrogen-bond donors (Lipinski definition) is 3. The highest BCUT2D eigenvalue weighted by Gasteiger charge is 2.38. The molecule has 2 rings (SSSR count). The molecule has 0 spiro atoms. The van der Waals surface area contributed by atoms with Crippen molar-refractivity contribution in [3.8, 4) is 17.6 Å². The number of hydrogen-bond acceptors (Lipinski definition) is 6. The van der Waals surface area contributed by atoms with Crippen molar-refractivity contribution in [2.75, 3.05) is 33.3 Å². The third-order valence-corrected chi connectivity index (χ3v) is 7.44. The molecule has 0 saturated heterocycles. The molecule has 1 aliphatic heterocycles. The molecule has 0 fully saturated rings. The number of ether oxygens (including phenoxy) is 1. The maximum absolute atomic E-state index is 13.4. The molecule has 33 heavy (non-hydrogen) atoms. The maximum atomic E-state index is 13.4. The van der Waals surface area contributed by atoms with Gasteiger partial charge in [0.25, 0.3) is 0 Å². The van der Waals surface area contributed by atoms with Crippen LogP contribution in [0, 0.1) is 17.8 Å². The predicted octanol–water partition coefficient (Wildman–Crippen LogP) is 1.24. The van der Waals surface area contributed by atoms with Crippen LogP contribution in [0.2, 0.25) is 0 Å². The number of nitrogens with zero attached hydrogens (tertiary/aromatic N) is 2. The number of carbonyl (C=O) groups is 1. The average molecular weight is 482 g/mol. The molecule has 0 radical (unpaired) electrons. The molecule has 0 aromatic heterocycles. The van der Waals surface area contributed by atoms with Gasteiger partial charge in [-0.3, -0.25) is 0 Å². The van der Waals surface area contributed by atoms with Gasteiger partial charge in [0.05, 0.1) is 13.2 Å². The standard InChI is InChI=1S/C23H35N3O6S/c1-6-11-24-23(29)25(5)14-21-16(2)13-26(17(3)15-27)33(30,31)22-10-9-19(8-7-18(4)28)12-20(22)32-21/h9-10,12,16-18,21,27-28H,6,11,13-15H2,1-5H3,(H,24,29)/t16-,17-,18+,21-/m0/s1. The van der Waals surface area contributed by atoms with Gasteiger partial charge in [-0.05, 0) is 38.5 Å². The minimum absolute atomic E-state index is 0.0274. The molecule has 1 heterocycles. The van der Waals surface area contributed by atoms with Crippen LogP contribution in [0.15, 0.2) is 23.1 Å². The Hall–Kier alpha value is -2.32. The number of carbonyl (C=O) groups excluding carboxylic acids is 1. The summed E-state index contributed by atoms with van der Waals surface area (Å²) in [6, 6.07) is 3.65. The molecule has 184 valence electrons. The molecular weight excluding hydrogens is 446 g/mol. The van der Waals surface area contributed by atoms with Gasteiger partial charge in [-0.2, -0.15) is 4.31 Å². The molecule has 2 amide bonds. The highest BCUT2D eigenvalue weighted by atomic mass is 32.2. The van der Waals surface area contributed by atoms with Crippen LogP contribution in [-0.2, 0) is 10.0 Å². The summed E-state index contributed by atoms with van der Waals surface area (Å²) in [6.07, 6.45) is -0.531. The van der Waals surface area contributed by atoms with E-state index in [1.807, 2.05) is 13.8 Å². The molecular formula is C23H35N3O6S. The summed E-state index contributed by atoms with van der Waals surface area (Å²) >= 11 is 0. The minimum atomic E-state index is -3.96. The van der Waals surface area contributed by atoms with Crippen LogP contribution in [0.1, 0.15) is 39.7 Å². The van der Waals surface area contributed by atoms with Crippen molar-refractivity contribution in [1.82, 2.24) is 14.5 Å². The van der Waals surface area contributed by atoms with Crippen LogP contribution in [0.5, 0.6) is 5.75 Å². The van der Waals surface area contributed by atoms with Gasteiger partial charge in [0.15, 0.2) is 0 Å². The molecule has 1 aromatic rings. The van der Waals surface area contributed by atoms with E-state index in [-0.39, 0.29) is 42.3 Å². The van der Waals surface area contributed by atoms with Crippen LogP contribution in [-0.4, -0.2) is 85.4 Å². The third-order valence-electron chi connectivity index (χ3n) is 5.42. The van der Waals surface area contributed by atoms with E-state index in [9.17, 15) is 23.4 Å². The molecule has 9 nitrogen and oxygen atoms in total. The van der Waals surface area contributed by atoms with Crippen LogP contribution < -0.4 is 10.1 Å². The smallest absolute Gasteiger partial charge is 0.317 e. The maximum Gasteiger partial charge on any atom is 0.317 e. The van der Waals surface area contributed by atoms with Gasteiger partial charge < -0.3 is 25.2 Å². The normalized spacial score (nSPS) is 21.8. The summed E-state index contributed by atoms with van der Waals surface area (Å²) in [5, 5.41) is 22.0. The Morgan fingerprint density at radius 2 is 2.09 bits per heavy atom. The van der Waals surface area contributed by atoms with E-state index in [0.29, 0.717) is 12.1 Å². The number of nitrogens with one attached hydrogen (secondary N) is 1. The fourth-order valence-corrected chi connectivity index (χ4v) is 5.25. The zero-order valence-electron chi connectivity index (χ0n) is 19.9. The second-order valence-electron chi connectivity index (χ2n) is 8.46. The van der Waals surface area contributed by atoms with Gasteiger partial charge >= 0.3 is 6.03 Å². The van der Waals surface area contributed by atoms with Gasteiger partial charge in [0, 0.05) is 37.7 Å². The lowest BCUT2D eigenvalue weighted by Crippen LogP contribution is -2.51.